The minimum atomic E-state index is -3.39. The molecule has 4 N–H and O–H groups in total. The molecule has 0 spiro atoms. The number of aliphatic imine (C=N–C) groups is 1. The minimum absolute atomic E-state index is 0.00951. The van der Waals surface area contributed by atoms with Crippen molar-refractivity contribution < 1.29 is 18.7 Å². The number of aliphatic hydroxyl groups excluding tert-OH is 1. The number of carbonyl (C=O) groups is 1. The molecule has 182 valence electrons. The summed E-state index contributed by atoms with van der Waals surface area (Å²) in [6.07, 6.45) is 0. The predicted molar refractivity (Wildman–Crippen MR) is 127 cm³/mol. The molecule has 1 aliphatic rings. The van der Waals surface area contributed by atoms with E-state index in [1.54, 1.807) is 19.1 Å². The molecular weight excluding hydrogens is 454 g/mol. The fraction of sp³-hybridized carbons (Fsp3) is 0.360. The number of nitrogens with one attached hydrogen (secondary N) is 1. The van der Waals surface area contributed by atoms with Crippen LogP contribution in [0.15, 0.2) is 41.4 Å². The number of benzene rings is 2. The molecule has 1 saturated heterocycles. The van der Waals surface area contributed by atoms with Gasteiger partial charge in [-0.25, -0.2) is 0 Å². The van der Waals surface area contributed by atoms with Crippen LogP contribution in [-0.2, 0) is 5.92 Å². The van der Waals surface area contributed by atoms with E-state index in [1.807, 2.05) is 11.8 Å². The Balaban J connectivity index is 2.05. The Morgan fingerprint density at radius 2 is 2.00 bits per heavy atom. The van der Waals surface area contributed by atoms with E-state index in [9.17, 15) is 24.1 Å². The van der Waals surface area contributed by atoms with Crippen molar-refractivity contribution in [1.29, 1.82) is 10.5 Å². The molecule has 2 aromatic rings. The third kappa shape index (κ3) is 5.08. The van der Waals surface area contributed by atoms with E-state index < -0.39 is 29.9 Å². The summed E-state index contributed by atoms with van der Waals surface area (Å²) in [5.41, 5.74) is 7.08. The van der Waals surface area contributed by atoms with E-state index in [4.69, 9.17) is 10.8 Å². The predicted octanol–water partition coefficient (Wildman–Crippen LogP) is 2.82. The molecule has 10 heteroatoms. The van der Waals surface area contributed by atoms with Crippen molar-refractivity contribution in [2.45, 2.75) is 25.8 Å². The van der Waals surface area contributed by atoms with Crippen LogP contribution in [0.3, 0.4) is 0 Å². The summed E-state index contributed by atoms with van der Waals surface area (Å²) < 4.78 is 27.9. The lowest BCUT2D eigenvalue weighted by atomic mass is 9.82. The van der Waals surface area contributed by atoms with Gasteiger partial charge >= 0.3 is 0 Å². The van der Waals surface area contributed by atoms with E-state index in [0.717, 1.165) is 0 Å². The monoisotopic (exact) mass is 480 g/mol. The molecular formula is C25H26F2N6O2. The number of alkyl halides is 2. The molecule has 1 amide bonds. The number of halogens is 2. The maximum Gasteiger partial charge on any atom is 0.295 e. The third-order valence-corrected chi connectivity index (χ3v) is 6.02. The molecule has 1 fully saturated rings. The number of anilines is 1. The van der Waals surface area contributed by atoms with E-state index in [2.05, 4.69) is 22.4 Å². The van der Waals surface area contributed by atoms with Gasteiger partial charge in [0.15, 0.2) is 0 Å². The van der Waals surface area contributed by atoms with Crippen molar-refractivity contribution >= 4 is 17.4 Å². The Bertz CT molecular complexity index is 1260. The van der Waals surface area contributed by atoms with Gasteiger partial charge < -0.3 is 21.1 Å². The molecule has 0 aliphatic carbocycles. The van der Waals surface area contributed by atoms with Gasteiger partial charge in [0.1, 0.15) is 18.5 Å². The Hall–Kier alpha value is -4.02. The Morgan fingerprint density at radius 1 is 1.31 bits per heavy atom. The zero-order chi connectivity index (χ0) is 26.0. The molecule has 2 aromatic carbocycles. The van der Waals surface area contributed by atoms with Crippen LogP contribution in [0.4, 0.5) is 14.5 Å². The number of rotatable bonds is 7. The number of nitriles is 2. The zero-order valence-electron chi connectivity index (χ0n) is 19.6. The summed E-state index contributed by atoms with van der Waals surface area (Å²) in [5.74, 6) is -3.87. The molecule has 1 atom stereocenters. The average Bonchev–Trinajstić information content (AvgIpc) is 2.85. The highest BCUT2D eigenvalue weighted by atomic mass is 19.3. The summed E-state index contributed by atoms with van der Waals surface area (Å²) in [7, 11) is 1.45. The van der Waals surface area contributed by atoms with Crippen LogP contribution in [0.1, 0.15) is 52.5 Å². The molecule has 8 nitrogen and oxygen atoms in total. The van der Waals surface area contributed by atoms with E-state index in [0.29, 0.717) is 24.3 Å². The quantitative estimate of drug-likeness (QED) is 0.411. The second-order valence-corrected chi connectivity index (χ2v) is 8.81. The first-order valence-electron chi connectivity index (χ1n) is 10.9. The highest BCUT2D eigenvalue weighted by molar-refractivity contribution is 6.10. The average molecular weight is 481 g/mol. The Kier molecular flexibility index (Phi) is 7.09. The van der Waals surface area contributed by atoms with Gasteiger partial charge in [-0.15, -0.1) is 0 Å². The van der Waals surface area contributed by atoms with Crippen molar-refractivity contribution in [1.82, 2.24) is 5.32 Å². The molecule has 0 bridgehead atoms. The van der Waals surface area contributed by atoms with E-state index in [-0.39, 0.29) is 28.1 Å². The molecule has 0 radical (unpaired) electrons. The summed E-state index contributed by atoms with van der Waals surface area (Å²) in [6.45, 7) is 3.00. The summed E-state index contributed by atoms with van der Waals surface area (Å²) in [5, 5.41) is 30.5. The van der Waals surface area contributed by atoms with Crippen LogP contribution in [0.5, 0.6) is 0 Å². The van der Waals surface area contributed by atoms with Crippen molar-refractivity contribution in [3.8, 4) is 12.1 Å². The lowest BCUT2D eigenvalue weighted by molar-refractivity contribution is -0.0556. The van der Waals surface area contributed by atoms with E-state index in [1.165, 1.54) is 31.3 Å². The molecule has 0 saturated carbocycles. The topological polar surface area (TPSA) is 139 Å². The van der Waals surface area contributed by atoms with Gasteiger partial charge in [0.25, 0.3) is 11.8 Å². The summed E-state index contributed by atoms with van der Waals surface area (Å²) in [6, 6.07) is 12.3. The Labute approximate surface area is 202 Å². The van der Waals surface area contributed by atoms with Crippen molar-refractivity contribution in [2.24, 2.45) is 16.1 Å². The van der Waals surface area contributed by atoms with Gasteiger partial charge in [-0.3, -0.25) is 9.79 Å². The first-order chi connectivity index (χ1) is 16.5. The number of amidine groups is 1. The fourth-order valence-electron chi connectivity index (χ4n) is 3.98. The molecule has 0 unspecified atom stereocenters. The van der Waals surface area contributed by atoms with Crippen LogP contribution in [-0.4, -0.2) is 43.6 Å². The second kappa shape index (κ2) is 9.69. The van der Waals surface area contributed by atoms with Crippen molar-refractivity contribution in [2.75, 3.05) is 31.6 Å². The van der Waals surface area contributed by atoms with Crippen LogP contribution in [0.25, 0.3) is 0 Å². The number of hydrogen-bond acceptors (Lipinski definition) is 6. The van der Waals surface area contributed by atoms with Crippen LogP contribution in [0.2, 0.25) is 0 Å². The van der Waals surface area contributed by atoms with E-state index >= 15 is 0 Å². The lowest BCUT2D eigenvalue weighted by Gasteiger charge is -2.45. The highest BCUT2D eigenvalue weighted by Gasteiger charge is 2.40. The number of nitrogens with two attached hydrogens (primary N) is 1. The highest BCUT2D eigenvalue weighted by Crippen LogP contribution is 2.37. The number of amides is 1. The standard InChI is InChI=1S/C25H26F2N6O2/c1-15(16-5-4-6-18(7-16)25(26,27)14-34)32-22(30)19-9-21(33-12-24(2,11-29)13-33)17(10-28)8-20(19)23(35)31-3/h4-9,15,34H,12-14H2,1-3H3,(H2,30,32)(H,31,35)/t15-/m1/s1. The van der Waals surface area contributed by atoms with Gasteiger partial charge in [0.05, 0.1) is 34.3 Å². The Morgan fingerprint density at radius 3 is 2.57 bits per heavy atom. The van der Waals surface area contributed by atoms with Gasteiger partial charge in [-0.1, -0.05) is 18.2 Å². The fourth-order valence-corrected chi connectivity index (χ4v) is 3.98. The number of hydrogen-bond donors (Lipinski definition) is 3. The van der Waals surface area contributed by atoms with Crippen molar-refractivity contribution in [3.05, 3.63) is 64.2 Å². The largest absolute Gasteiger partial charge is 0.390 e. The molecule has 1 heterocycles. The SMILES string of the molecule is CNC(=O)c1cc(C#N)c(N2CC(C)(C#N)C2)cc1C(N)=N[C@H](C)c1cccc(C(F)(F)CO)c1. The molecule has 35 heavy (non-hydrogen) atoms. The van der Waals surface area contributed by atoms with Crippen molar-refractivity contribution in [3.63, 3.8) is 0 Å². The van der Waals surface area contributed by atoms with Gasteiger partial charge in [-0.05, 0) is 37.6 Å². The smallest absolute Gasteiger partial charge is 0.295 e. The number of aliphatic hydroxyl groups is 1. The maximum atomic E-state index is 13.9. The summed E-state index contributed by atoms with van der Waals surface area (Å²) in [4.78, 5) is 18.9. The number of nitrogens with zero attached hydrogens (tertiary/aromatic N) is 4. The molecule has 1 aliphatic heterocycles. The zero-order valence-corrected chi connectivity index (χ0v) is 19.6. The lowest BCUT2D eigenvalue weighted by Crippen LogP contribution is -2.54. The molecule has 0 aromatic heterocycles. The maximum absolute atomic E-state index is 13.9. The van der Waals surface area contributed by atoms with Gasteiger partial charge in [0.2, 0.25) is 0 Å². The third-order valence-electron chi connectivity index (χ3n) is 6.02. The second-order valence-electron chi connectivity index (χ2n) is 8.81. The first kappa shape index (κ1) is 25.6. The minimum Gasteiger partial charge on any atom is -0.390 e. The first-order valence-corrected chi connectivity index (χ1v) is 10.9. The van der Waals surface area contributed by atoms with Crippen LogP contribution in [0, 0.1) is 28.1 Å². The number of carbonyl (C=O) groups excluding carboxylic acids is 1. The van der Waals surface area contributed by atoms with Crippen LogP contribution >= 0.6 is 0 Å². The summed E-state index contributed by atoms with van der Waals surface area (Å²) >= 11 is 0. The van der Waals surface area contributed by atoms with Crippen LogP contribution < -0.4 is 16.0 Å². The molecule has 3 rings (SSSR count). The van der Waals surface area contributed by atoms with Gasteiger partial charge in [-0.2, -0.15) is 19.3 Å². The van der Waals surface area contributed by atoms with Gasteiger partial charge in [0, 0.05) is 31.3 Å². The normalized spacial score (nSPS) is 16.0.